The summed E-state index contributed by atoms with van der Waals surface area (Å²) >= 11 is 0. The Morgan fingerprint density at radius 1 is 0.152 bits per heavy atom. The molecule has 8 aromatic carbocycles. The standard InChI is InChI=1S/C61H41N5/c1-5-16-45(17-6-1)57-40-54(41-58(63-57)46-18-7-2-8-19-46)44-32-30-42(31-33-44)50-24-13-26-52(38-50)55-28-15-29-56(62-55)53-27-14-25-51(39-53)43-34-36-49(37-35-43)61-65-59(47-20-9-3-10-21-47)64-60(66-61)48-22-11-4-12-23-48/h1-41H. The Bertz CT molecular complexity index is 3090. The van der Waals surface area contributed by atoms with E-state index < -0.39 is 0 Å². The van der Waals surface area contributed by atoms with Crippen molar-refractivity contribution >= 4 is 0 Å². The maximum atomic E-state index is 5.19. The highest BCUT2D eigenvalue weighted by atomic mass is 15.0. The smallest absolute Gasteiger partial charge is 0.164 e. The third-order valence-corrected chi connectivity index (χ3v) is 11.8. The van der Waals surface area contributed by atoms with E-state index in [0.717, 1.165) is 95.1 Å². The summed E-state index contributed by atoms with van der Waals surface area (Å²) in [5.74, 6) is 1.92. The fourth-order valence-corrected chi connectivity index (χ4v) is 8.29. The molecule has 310 valence electrons. The molecule has 3 heterocycles. The largest absolute Gasteiger partial charge is 0.248 e. The molecule has 0 fully saturated rings. The molecule has 5 nitrogen and oxygen atoms in total. The third-order valence-electron chi connectivity index (χ3n) is 11.8. The Kier molecular flexibility index (Phi) is 10.9. The van der Waals surface area contributed by atoms with E-state index >= 15 is 0 Å². The van der Waals surface area contributed by atoms with Crippen molar-refractivity contribution in [3.8, 4) is 113 Å². The lowest BCUT2D eigenvalue weighted by molar-refractivity contribution is 1.07. The molecule has 0 bridgehead atoms. The van der Waals surface area contributed by atoms with Gasteiger partial charge >= 0.3 is 0 Å². The molecule has 0 amide bonds. The molecule has 0 unspecified atom stereocenters. The fourth-order valence-electron chi connectivity index (χ4n) is 8.29. The monoisotopic (exact) mass is 843 g/mol. The zero-order valence-corrected chi connectivity index (χ0v) is 35.9. The summed E-state index contributed by atoms with van der Waals surface area (Å²) in [7, 11) is 0. The van der Waals surface area contributed by atoms with Crippen molar-refractivity contribution in [2.24, 2.45) is 0 Å². The molecule has 0 N–H and O–H groups in total. The van der Waals surface area contributed by atoms with Crippen LogP contribution in [-0.2, 0) is 0 Å². The van der Waals surface area contributed by atoms with E-state index in [1.165, 1.54) is 0 Å². The van der Waals surface area contributed by atoms with Crippen LogP contribution in [0.2, 0.25) is 0 Å². The van der Waals surface area contributed by atoms with Gasteiger partial charge in [0.15, 0.2) is 17.5 Å². The van der Waals surface area contributed by atoms with Gasteiger partial charge in [-0.15, -0.1) is 0 Å². The van der Waals surface area contributed by atoms with Crippen LogP contribution in [0.1, 0.15) is 0 Å². The van der Waals surface area contributed by atoms with Crippen molar-refractivity contribution < 1.29 is 0 Å². The van der Waals surface area contributed by atoms with Gasteiger partial charge in [-0.1, -0.05) is 212 Å². The van der Waals surface area contributed by atoms with Gasteiger partial charge in [-0.05, 0) is 69.8 Å². The predicted molar refractivity (Wildman–Crippen MR) is 270 cm³/mol. The van der Waals surface area contributed by atoms with Gasteiger partial charge in [0.05, 0.1) is 22.8 Å². The molecule has 11 aromatic rings. The highest BCUT2D eigenvalue weighted by Crippen LogP contribution is 2.34. The van der Waals surface area contributed by atoms with E-state index in [4.69, 9.17) is 24.9 Å². The van der Waals surface area contributed by atoms with Gasteiger partial charge in [-0.25, -0.2) is 24.9 Å². The Morgan fingerprint density at radius 3 is 0.848 bits per heavy atom. The number of rotatable bonds is 10. The molecule has 0 saturated carbocycles. The number of nitrogens with zero attached hydrogens (tertiary/aromatic N) is 5. The third kappa shape index (κ3) is 8.57. The molecule has 0 saturated heterocycles. The van der Waals surface area contributed by atoms with Crippen LogP contribution < -0.4 is 0 Å². The summed E-state index contributed by atoms with van der Waals surface area (Å²) in [5.41, 5.74) is 17.6. The first-order valence-electron chi connectivity index (χ1n) is 22.1. The van der Waals surface area contributed by atoms with Gasteiger partial charge in [-0.3, -0.25) is 0 Å². The molecule has 66 heavy (non-hydrogen) atoms. The van der Waals surface area contributed by atoms with Gasteiger partial charge in [-0.2, -0.15) is 0 Å². The van der Waals surface area contributed by atoms with Gasteiger partial charge < -0.3 is 0 Å². The molecular formula is C61H41N5. The Labute approximate surface area is 384 Å². The van der Waals surface area contributed by atoms with Gasteiger partial charge in [0.25, 0.3) is 0 Å². The Hall–Kier alpha value is -8.93. The van der Waals surface area contributed by atoms with Gasteiger partial charge in [0.1, 0.15) is 0 Å². The normalized spacial score (nSPS) is 11.0. The molecule has 0 radical (unpaired) electrons. The molecule has 0 aliphatic rings. The van der Waals surface area contributed by atoms with Crippen molar-refractivity contribution in [1.29, 1.82) is 0 Å². The molecule has 0 aliphatic carbocycles. The van der Waals surface area contributed by atoms with E-state index in [1.54, 1.807) is 0 Å². The molecule has 0 atom stereocenters. The van der Waals surface area contributed by atoms with Gasteiger partial charge in [0, 0.05) is 38.9 Å². The van der Waals surface area contributed by atoms with Gasteiger partial charge in [0.2, 0.25) is 0 Å². The Morgan fingerprint density at radius 2 is 0.439 bits per heavy atom. The Balaban J connectivity index is 0.845. The zero-order valence-electron chi connectivity index (χ0n) is 35.9. The van der Waals surface area contributed by atoms with E-state index in [9.17, 15) is 0 Å². The van der Waals surface area contributed by atoms with Crippen LogP contribution in [0.3, 0.4) is 0 Å². The fraction of sp³-hybridized carbons (Fsp3) is 0. The van der Waals surface area contributed by atoms with Crippen molar-refractivity contribution in [1.82, 2.24) is 24.9 Å². The van der Waals surface area contributed by atoms with Crippen molar-refractivity contribution in [2.75, 3.05) is 0 Å². The summed E-state index contributed by atoms with van der Waals surface area (Å²) in [6.45, 7) is 0. The van der Waals surface area contributed by atoms with Crippen LogP contribution in [-0.4, -0.2) is 24.9 Å². The SMILES string of the molecule is c1ccc(-c2cc(-c3ccc(-c4cccc(-c5cccc(-c6cccc(-c7ccc(-c8nc(-c9ccccc9)nc(-c9ccccc9)n8)cc7)c6)n5)c4)cc3)cc(-c3ccccc3)n2)cc1. The number of hydrogen-bond donors (Lipinski definition) is 0. The molecule has 5 heteroatoms. The maximum Gasteiger partial charge on any atom is 0.164 e. The summed E-state index contributed by atoms with van der Waals surface area (Å²) in [6, 6.07) is 85.9. The minimum Gasteiger partial charge on any atom is -0.248 e. The first-order valence-corrected chi connectivity index (χ1v) is 22.1. The van der Waals surface area contributed by atoms with Crippen molar-refractivity contribution in [3.63, 3.8) is 0 Å². The second kappa shape index (κ2) is 18.0. The quantitative estimate of drug-likeness (QED) is 0.137. The molecule has 11 rings (SSSR count). The number of aromatic nitrogens is 5. The van der Waals surface area contributed by atoms with Crippen LogP contribution in [0.25, 0.3) is 113 Å². The average Bonchev–Trinajstić information content (AvgIpc) is 3.42. The van der Waals surface area contributed by atoms with Crippen molar-refractivity contribution in [3.05, 3.63) is 249 Å². The predicted octanol–water partition coefficient (Wildman–Crippen LogP) is 15.3. The minimum absolute atomic E-state index is 0.630. The van der Waals surface area contributed by atoms with E-state index in [1.807, 2.05) is 72.8 Å². The molecule has 0 spiro atoms. The molecule has 3 aromatic heterocycles. The van der Waals surface area contributed by atoms with Crippen LogP contribution in [0, 0.1) is 0 Å². The first-order chi connectivity index (χ1) is 32.7. The first kappa shape index (κ1) is 39.9. The van der Waals surface area contributed by atoms with E-state index in [2.05, 4.69) is 176 Å². The van der Waals surface area contributed by atoms with Crippen LogP contribution in [0.4, 0.5) is 0 Å². The van der Waals surface area contributed by atoms with Crippen LogP contribution in [0.5, 0.6) is 0 Å². The van der Waals surface area contributed by atoms with Crippen molar-refractivity contribution in [2.45, 2.75) is 0 Å². The highest BCUT2D eigenvalue weighted by Gasteiger charge is 2.14. The second-order valence-corrected chi connectivity index (χ2v) is 16.1. The highest BCUT2D eigenvalue weighted by molar-refractivity contribution is 5.80. The summed E-state index contributed by atoms with van der Waals surface area (Å²) in [4.78, 5) is 24.9. The number of benzene rings is 8. The lowest BCUT2D eigenvalue weighted by atomic mass is 9.96. The van der Waals surface area contributed by atoms with E-state index in [0.29, 0.717) is 17.5 Å². The second-order valence-electron chi connectivity index (χ2n) is 16.1. The topological polar surface area (TPSA) is 64.5 Å². The maximum absolute atomic E-state index is 5.19. The average molecular weight is 844 g/mol. The summed E-state index contributed by atoms with van der Waals surface area (Å²) in [5, 5.41) is 0. The summed E-state index contributed by atoms with van der Waals surface area (Å²) < 4.78 is 0. The minimum atomic E-state index is 0.630. The van der Waals surface area contributed by atoms with E-state index in [-0.39, 0.29) is 0 Å². The van der Waals surface area contributed by atoms with Crippen LogP contribution >= 0.6 is 0 Å². The summed E-state index contributed by atoms with van der Waals surface area (Å²) in [6.07, 6.45) is 0. The number of pyridine rings is 2. The molecule has 0 aliphatic heterocycles. The lowest BCUT2D eigenvalue weighted by Crippen LogP contribution is -2.00. The van der Waals surface area contributed by atoms with Crippen LogP contribution in [0.15, 0.2) is 249 Å². The molecular weight excluding hydrogens is 803 g/mol. The zero-order chi connectivity index (χ0) is 44.1. The number of hydrogen-bond acceptors (Lipinski definition) is 5. The lowest BCUT2D eigenvalue weighted by Gasteiger charge is -2.12.